The molecule has 0 aliphatic rings. The number of aromatic nitrogens is 3. The Balaban J connectivity index is 2.00. The second-order valence-corrected chi connectivity index (χ2v) is 5.36. The number of hydrogen-bond donors (Lipinski definition) is 1. The van der Waals surface area contributed by atoms with Gasteiger partial charge in [0, 0.05) is 11.8 Å². The summed E-state index contributed by atoms with van der Waals surface area (Å²) in [6, 6.07) is 9.60. The third-order valence-corrected chi connectivity index (χ3v) is 3.11. The molecular weight excluding hydrogens is 264 g/mol. The fraction of sp³-hybridized carbons (Fsp3) is 0.250. The van der Waals surface area contributed by atoms with Crippen LogP contribution >= 0.6 is 0 Å². The maximum Gasteiger partial charge on any atom is 0.182 e. The number of pyridine rings is 1. The molecule has 2 aromatic heterocycles. The summed E-state index contributed by atoms with van der Waals surface area (Å²) in [5.41, 5.74) is 9.47. The standard InChI is InChI=1S/C16H18N4O/c1-10(2)21-14-6-5-12(8-13(14)17)16-18-15-7-4-11(3)9-20(15)19-16/h4-10H,17H2,1-3H3. The monoisotopic (exact) mass is 282 g/mol. The maximum atomic E-state index is 6.04. The molecule has 3 aromatic rings. The van der Waals surface area contributed by atoms with E-state index in [9.17, 15) is 0 Å². The molecule has 5 heteroatoms. The van der Waals surface area contributed by atoms with Gasteiger partial charge in [0.15, 0.2) is 11.5 Å². The van der Waals surface area contributed by atoms with Crippen molar-refractivity contribution in [2.45, 2.75) is 26.9 Å². The quantitative estimate of drug-likeness (QED) is 0.750. The van der Waals surface area contributed by atoms with Gasteiger partial charge in [0.1, 0.15) is 5.75 Å². The lowest BCUT2D eigenvalue weighted by Gasteiger charge is -2.12. The molecule has 0 saturated carbocycles. The molecular formula is C16H18N4O. The maximum absolute atomic E-state index is 6.04. The molecule has 0 fully saturated rings. The fourth-order valence-electron chi connectivity index (χ4n) is 2.16. The Morgan fingerprint density at radius 2 is 2.00 bits per heavy atom. The van der Waals surface area contributed by atoms with E-state index in [4.69, 9.17) is 10.5 Å². The summed E-state index contributed by atoms with van der Waals surface area (Å²) in [7, 11) is 0. The van der Waals surface area contributed by atoms with Gasteiger partial charge >= 0.3 is 0 Å². The van der Waals surface area contributed by atoms with Crippen LogP contribution in [-0.4, -0.2) is 20.7 Å². The highest BCUT2D eigenvalue weighted by molar-refractivity contribution is 5.67. The minimum atomic E-state index is 0.0921. The molecule has 0 radical (unpaired) electrons. The Hall–Kier alpha value is -2.56. The third kappa shape index (κ3) is 2.67. The van der Waals surface area contributed by atoms with E-state index in [2.05, 4.69) is 10.1 Å². The minimum Gasteiger partial charge on any atom is -0.489 e. The Labute approximate surface area is 123 Å². The van der Waals surface area contributed by atoms with E-state index in [1.54, 1.807) is 4.52 Å². The predicted molar refractivity (Wildman–Crippen MR) is 83.3 cm³/mol. The number of anilines is 1. The number of nitrogens with zero attached hydrogens (tertiary/aromatic N) is 3. The first-order chi connectivity index (χ1) is 10.0. The molecule has 0 saturated heterocycles. The SMILES string of the molecule is Cc1ccc2nc(-c3ccc(OC(C)C)c(N)c3)nn2c1. The fourth-order valence-corrected chi connectivity index (χ4v) is 2.16. The van der Waals surface area contributed by atoms with Gasteiger partial charge in [0.25, 0.3) is 0 Å². The second-order valence-electron chi connectivity index (χ2n) is 5.36. The zero-order valence-corrected chi connectivity index (χ0v) is 12.4. The minimum absolute atomic E-state index is 0.0921. The van der Waals surface area contributed by atoms with Crippen molar-refractivity contribution >= 4 is 11.3 Å². The summed E-state index contributed by atoms with van der Waals surface area (Å²) in [4.78, 5) is 4.51. The number of aryl methyl sites for hydroxylation is 1. The van der Waals surface area contributed by atoms with Gasteiger partial charge in [0.05, 0.1) is 11.8 Å². The van der Waals surface area contributed by atoms with Gasteiger partial charge in [-0.1, -0.05) is 6.07 Å². The van der Waals surface area contributed by atoms with Gasteiger partial charge in [-0.2, -0.15) is 0 Å². The molecule has 0 atom stereocenters. The van der Waals surface area contributed by atoms with Crippen LogP contribution in [-0.2, 0) is 0 Å². The number of rotatable bonds is 3. The summed E-state index contributed by atoms with van der Waals surface area (Å²) in [5, 5.41) is 4.48. The lowest BCUT2D eigenvalue weighted by Crippen LogP contribution is -2.07. The Kier molecular flexibility index (Phi) is 3.25. The van der Waals surface area contributed by atoms with Crippen LogP contribution in [0.25, 0.3) is 17.0 Å². The number of fused-ring (bicyclic) bond motifs is 1. The summed E-state index contributed by atoms with van der Waals surface area (Å²) in [5.74, 6) is 1.34. The summed E-state index contributed by atoms with van der Waals surface area (Å²) < 4.78 is 7.42. The molecule has 0 spiro atoms. The first-order valence-electron chi connectivity index (χ1n) is 6.92. The Bertz CT molecular complexity index is 792. The number of benzene rings is 1. The molecule has 0 bridgehead atoms. The van der Waals surface area contributed by atoms with E-state index < -0.39 is 0 Å². The van der Waals surface area contributed by atoms with Crippen LogP contribution in [0.4, 0.5) is 5.69 Å². The predicted octanol–water partition coefficient (Wildman–Crippen LogP) is 3.07. The Morgan fingerprint density at radius 3 is 2.71 bits per heavy atom. The average Bonchev–Trinajstić information content (AvgIpc) is 2.83. The first-order valence-corrected chi connectivity index (χ1v) is 6.92. The van der Waals surface area contributed by atoms with Crippen LogP contribution in [0.1, 0.15) is 19.4 Å². The highest BCUT2D eigenvalue weighted by Crippen LogP contribution is 2.28. The summed E-state index contributed by atoms with van der Waals surface area (Å²) in [6.45, 7) is 5.97. The molecule has 2 heterocycles. The third-order valence-electron chi connectivity index (χ3n) is 3.11. The van der Waals surface area contributed by atoms with Gasteiger partial charge in [-0.25, -0.2) is 9.50 Å². The number of ether oxygens (including phenoxy) is 1. The van der Waals surface area contributed by atoms with Crippen LogP contribution in [0, 0.1) is 6.92 Å². The van der Waals surface area contributed by atoms with Crippen LogP contribution in [0.2, 0.25) is 0 Å². The molecule has 21 heavy (non-hydrogen) atoms. The highest BCUT2D eigenvalue weighted by Gasteiger charge is 2.10. The number of hydrogen-bond acceptors (Lipinski definition) is 4. The van der Waals surface area contributed by atoms with E-state index in [1.165, 1.54) is 0 Å². The van der Waals surface area contributed by atoms with Crippen LogP contribution in [0.3, 0.4) is 0 Å². The second kappa shape index (κ2) is 5.09. The zero-order chi connectivity index (χ0) is 15.0. The van der Waals surface area contributed by atoms with Gasteiger partial charge in [-0.15, -0.1) is 5.10 Å². The smallest absolute Gasteiger partial charge is 0.182 e. The van der Waals surface area contributed by atoms with Crippen molar-refractivity contribution in [1.82, 2.24) is 14.6 Å². The van der Waals surface area contributed by atoms with Crippen LogP contribution < -0.4 is 10.5 Å². The van der Waals surface area contributed by atoms with Crippen molar-refractivity contribution in [3.63, 3.8) is 0 Å². The molecule has 0 amide bonds. The van der Waals surface area contributed by atoms with Crippen molar-refractivity contribution in [2.24, 2.45) is 0 Å². The molecule has 5 nitrogen and oxygen atoms in total. The largest absolute Gasteiger partial charge is 0.489 e. The molecule has 1 aromatic carbocycles. The lowest BCUT2D eigenvalue weighted by atomic mass is 10.2. The molecule has 0 aliphatic heterocycles. The number of nitrogens with two attached hydrogens (primary N) is 1. The average molecular weight is 282 g/mol. The zero-order valence-electron chi connectivity index (χ0n) is 12.4. The molecule has 3 rings (SSSR count). The van der Waals surface area contributed by atoms with Crippen molar-refractivity contribution < 1.29 is 4.74 Å². The van der Waals surface area contributed by atoms with Crippen LogP contribution in [0.5, 0.6) is 5.75 Å². The van der Waals surface area contributed by atoms with E-state index in [-0.39, 0.29) is 6.10 Å². The summed E-state index contributed by atoms with van der Waals surface area (Å²) in [6.07, 6.45) is 2.04. The lowest BCUT2D eigenvalue weighted by molar-refractivity contribution is 0.244. The molecule has 2 N–H and O–H groups in total. The van der Waals surface area contributed by atoms with E-state index in [0.717, 1.165) is 16.8 Å². The van der Waals surface area contributed by atoms with E-state index in [0.29, 0.717) is 17.3 Å². The normalized spacial score (nSPS) is 11.2. The Morgan fingerprint density at radius 1 is 1.19 bits per heavy atom. The molecule has 0 unspecified atom stereocenters. The van der Waals surface area contributed by atoms with Gasteiger partial charge in [-0.05, 0) is 50.6 Å². The highest BCUT2D eigenvalue weighted by atomic mass is 16.5. The van der Waals surface area contributed by atoms with Crippen molar-refractivity contribution in [3.8, 4) is 17.1 Å². The van der Waals surface area contributed by atoms with Gasteiger partial charge in [0.2, 0.25) is 0 Å². The number of nitrogen functional groups attached to an aromatic ring is 1. The van der Waals surface area contributed by atoms with Crippen LogP contribution in [0.15, 0.2) is 36.5 Å². The van der Waals surface area contributed by atoms with E-state index in [1.807, 2.05) is 57.3 Å². The summed E-state index contributed by atoms with van der Waals surface area (Å²) >= 11 is 0. The molecule has 0 aliphatic carbocycles. The van der Waals surface area contributed by atoms with E-state index >= 15 is 0 Å². The molecule has 108 valence electrons. The van der Waals surface area contributed by atoms with Crippen molar-refractivity contribution in [3.05, 3.63) is 42.1 Å². The van der Waals surface area contributed by atoms with Crippen molar-refractivity contribution in [2.75, 3.05) is 5.73 Å². The van der Waals surface area contributed by atoms with Gasteiger partial charge < -0.3 is 10.5 Å². The van der Waals surface area contributed by atoms with Gasteiger partial charge in [-0.3, -0.25) is 0 Å². The topological polar surface area (TPSA) is 65.4 Å². The van der Waals surface area contributed by atoms with Crippen molar-refractivity contribution in [1.29, 1.82) is 0 Å². The first kappa shape index (κ1) is 13.4.